The normalized spacial score (nSPS) is 10.7. The van der Waals surface area contributed by atoms with Gasteiger partial charge in [0.1, 0.15) is 5.75 Å². The molecule has 0 aliphatic heterocycles. The highest BCUT2D eigenvalue weighted by atomic mass is 127. The average Bonchev–Trinajstić information content (AvgIpc) is 2.43. The maximum absolute atomic E-state index is 11.8. The Morgan fingerprint density at radius 3 is 2.85 bits per heavy atom. The van der Waals surface area contributed by atoms with Crippen LogP contribution < -0.4 is 5.43 Å². The topological polar surface area (TPSA) is 74.6 Å². The van der Waals surface area contributed by atoms with E-state index >= 15 is 0 Å². The first-order valence-corrected chi connectivity index (χ1v) is 6.89. The predicted octanol–water partition coefficient (Wildman–Crippen LogP) is 2.46. The first-order valence-electron chi connectivity index (χ1n) is 5.81. The van der Waals surface area contributed by atoms with Crippen LogP contribution in [0.15, 0.2) is 41.6 Å². The summed E-state index contributed by atoms with van der Waals surface area (Å²) in [7, 11) is 0. The second-order valence-corrected chi connectivity index (χ2v) is 5.26. The number of hydrogen-bond acceptors (Lipinski definition) is 4. The van der Waals surface area contributed by atoms with Crippen LogP contribution in [0.25, 0.3) is 0 Å². The summed E-state index contributed by atoms with van der Waals surface area (Å²) in [5.41, 5.74) is 4.52. The van der Waals surface area contributed by atoms with Crippen LogP contribution in [0.2, 0.25) is 0 Å². The lowest BCUT2D eigenvalue weighted by Gasteiger charge is -2.00. The third kappa shape index (κ3) is 3.77. The molecule has 0 bridgehead atoms. The molecule has 2 aromatic rings. The fourth-order valence-electron chi connectivity index (χ4n) is 1.44. The van der Waals surface area contributed by atoms with Crippen molar-refractivity contribution in [2.45, 2.75) is 6.92 Å². The highest BCUT2D eigenvalue weighted by molar-refractivity contribution is 14.1. The number of hydrazone groups is 1. The molecule has 0 aliphatic rings. The number of nitrogens with zero attached hydrogens (tertiary/aromatic N) is 2. The van der Waals surface area contributed by atoms with Gasteiger partial charge in [-0.25, -0.2) is 5.43 Å². The Labute approximate surface area is 129 Å². The molecule has 102 valence electrons. The van der Waals surface area contributed by atoms with Crippen LogP contribution in [0.4, 0.5) is 0 Å². The van der Waals surface area contributed by atoms with E-state index in [2.05, 4.69) is 15.5 Å². The Balaban J connectivity index is 2.00. The number of rotatable bonds is 3. The molecule has 1 amide bonds. The highest BCUT2D eigenvalue weighted by Gasteiger charge is 2.03. The molecular formula is C14H12IN3O2. The van der Waals surface area contributed by atoms with Gasteiger partial charge in [0.25, 0.3) is 5.91 Å². The molecule has 1 heterocycles. The van der Waals surface area contributed by atoms with Gasteiger partial charge in [0.2, 0.25) is 0 Å². The Kier molecular flexibility index (Phi) is 4.67. The standard InChI is InChI=1S/C14H12IN3O2/c1-9-2-4-11(8-16-9)14(20)18-17-7-10-3-5-13(19)12(15)6-10/h2-8,19H,1H3,(H,18,20). The predicted molar refractivity (Wildman–Crippen MR) is 84.9 cm³/mol. The fourth-order valence-corrected chi connectivity index (χ4v) is 1.97. The quantitative estimate of drug-likeness (QED) is 0.487. The van der Waals surface area contributed by atoms with Gasteiger partial charge < -0.3 is 5.11 Å². The summed E-state index contributed by atoms with van der Waals surface area (Å²) in [6, 6.07) is 8.51. The number of hydrogen-bond donors (Lipinski definition) is 2. The summed E-state index contributed by atoms with van der Waals surface area (Å²) >= 11 is 2.02. The maximum Gasteiger partial charge on any atom is 0.272 e. The summed E-state index contributed by atoms with van der Waals surface area (Å²) in [5, 5.41) is 13.3. The number of aromatic nitrogens is 1. The van der Waals surface area contributed by atoms with Crippen LogP contribution in [-0.2, 0) is 0 Å². The molecule has 1 aromatic carbocycles. The number of pyridine rings is 1. The second kappa shape index (κ2) is 6.47. The summed E-state index contributed by atoms with van der Waals surface area (Å²) < 4.78 is 0.723. The summed E-state index contributed by atoms with van der Waals surface area (Å²) in [6.07, 6.45) is 3.02. The van der Waals surface area contributed by atoms with E-state index in [0.29, 0.717) is 5.56 Å². The van der Waals surface area contributed by atoms with Crippen LogP contribution in [0, 0.1) is 10.5 Å². The number of carbonyl (C=O) groups is 1. The van der Waals surface area contributed by atoms with Gasteiger partial charge in [-0.3, -0.25) is 9.78 Å². The smallest absolute Gasteiger partial charge is 0.272 e. The number of carbonyl (C=O) groups excluding carboxylic acids is 1. The van der Waals surface area contributed by atoms with Gasteiger partial charge in [-0.1, -0.05) is 0 Å². The van der Waals surface area contributed by atoms with Gasteiger partial charge in [0.15, 0.2) is 0 Å². The number of aryl methyl sites for hydroxylation is 1. The largest absolute Gasteiger partial charge is 0.507 e. The van der Waals surface area contributed by atoms with E-state index in [1.807, 2.05) is 29.5 Å². The molecule has 20 heavy (non-hydrogen) atoms. The van der Waals surface area contributed by atoms with E-state index in [1.165, 1.54) is 12.4 Å². The molecule has 0 spiro atoms. The van der Waals surface area contributed by atoms with E-state index in [4.69, 9.17) is 0 Å². The minimum atomic E-state index is -0.317. The zero-order chi connectivity index (χ0) is 14.5. The van der Waals surface area contributed by atoms with E-state index in [9.17, 15) is 9.90 Å². The van der Waals surface area contributed by atoms with Crippen molar-refractivity contribution in [1.29, 1.82) is 0 Å². The molecule has 0 atom stereocenters. The molecule has 5 nitrogen and oxygen atoms in total. The molecule has 0 aliphatic carbocycles. The van der Waals surface area contributed by atoms with Gasteiger partial charge in [-0.15, -0.1) is 0 Å². The Bertz CT molecular complexity index is 654. The van der Waals surface area contributed by atoms with Crippen LogP contribution >= 0.6 is 22.6 Å². The lowest BCUT2D eigenvalue weighted by Crippen LogP contribution is -2.17. The molecular weight excluding hydrogens is 369 g/mol. The molecule has 2 rings (SSSR count). The molecule has 0 saturated heterocycles. The van der Waals surface area contributed by atoms with Gasteiger partial charge in [-0.2, -0.15) is 5.10 Å². The summed E-state index contributed by atoms with van der Waals surface area (Å²) in [5.74, 6) is -0.0975. The average molecular weight is 381 g/mol. The minimum absolute atomic E-state index is 0.220. The van der Waals surface area contributed by atoms with Crippen molar-refractivity contribution in [3.63, 3.8) is 0 Å². The van der Waals surface area contributed by atoms with Crippen LogP contribution in [0.3, 0.4) is 0 Å². The van der Waals surface area contributed by atoms with Crippen molar-refractivity contribution in [2.24, 2.45) is 5.10 Å². The van der Waals surface area contributed by atoms with Crippen molar-refractivity contribution in [1.82, 2.24) is 10.4 Å². The molecule has 0 fully saturated rings. The maximum atomic E-state index is 11.8. The van der Waals surface area contributed by atoms with Gasteiger partial charge in [0, 0.05) is 11.9 Å². The second-order valence-electron chi connectivity index (χ2n) is 4.10. The van der Waals surface area contributed by atoms with Crippen LogP contribution in [0.5, 0.6) is 5.75 Å². The molecule has 1 aromatic heterocycles. The minimum Gasteiger partial charge on any atom is -0.507 e. The molecule has 0 unspecified atom stereocenters. The number of nitrogens with one attached hydrogen (secondary N) is 1. The molecule has 6 heteroatoms. The monoisotopic (exact) mass is 381 g/mol. The van der Waals surface area contributed by atoms with Crippen molar-refractivity contribution >= 4 is 34.7 Å². The van der Waals surface area contributed by atoms with E-state index in [-0.39, 0.29) is 11.7 Å². The van der Waals surface area contributed by atoms with Crippen LogP contribution in [0.1, 0.15) is 21.6 Å². The number of phenols is 1. The molecule has 2 N–H and O–H groups in total. The lowest BCUT2D eigenvalue weighted by molar-refractivity contribution is 0.0955. The Hall–Kier alpha value is -1.96. The first kappa shape index (κ1) is 14.4. The first-order chi connectivity index (χ1) is 9.56. The molecule has 0 saturated carbocycles. The molecule has 0 radical (unpaired) electrons. The number of amides is 1. The summed E-state index contributed by atoms with van der Waals surface area (Å²) in [6.45, 7) is 1.85. The van der Waals surface area contributed by atoms with Crippen molar-refractivity contribution < 1.29 is 9.90 Å². The van der Waals surface area contributed by atoms with Gasteiger partial charge in [-0.05, 0) is 65.4 Å². The van der Waals surface area contributed by atoms with Crippen molar-refractivity contribution in [2.75, 3.05) is 0 Å². The number of aromatic hydroxyl groups is 1. The summed E-state index contributed by atoms with van der Waals surface area (Å²) in [4.78, 5) is 15.8. The highest BCUT2D eigenvalue weighted by Crippen LogP contribution is 2.19. The SMILES string of the molecule is Cc1ccc(C(=O)NN=Cc2ccc(O)c(I)c2)cn1. The number of halogens is 1. The zero-order valence-corrected chi connectivity index (χ0v) is 12.8. The number of benzene rings is 1. The van der Waals surface area contributed by atoms with E-state index < -0.39 is 0 Å². The zero-order valence-electron chi connectivity index (χ0n) is 10.7. The van der Waals surface area contributed by atoms with Crippen molar-refractivity contribution in [3.05, 3.63) is 56.9 Å². The van der Waals surface area contributed by atoms with Crippen LogP contribution in [-0.4, -0.2) is 22.2 Å². The van der Waals surface area contributed by atoms with Gasteiger partial charge >= 0.3 is 0 Å². The Morgan fingerprint density at radius 2 is 2.20 bits per heavy atom. The lowest BCUT2D eigenvalue weighted by atomic mass is 10.2. The fraction of sp³-hybridized carbons (Fsp3) is 0.0714. The van der Waals surface area contributed by atoms with E-state index in [1.54, 1.807) is 30.3 Å². The third-order valence-corrected chi connectivity index (χ3v) is 3.39. The third-order valence-electron chi connectivity index (χ3n) is 2.53. The Morgan fingerprint density at radius 1 is 1.40 bits per heavy atom. The van der Waals surface area contributed by atoms with E-state index in [0.717, 1.165) is 14.8 Å². The van der Waals surface area contributed by atoms with Crippen molar-refractivity contribution in [3.8, 4) is 5.75 Å². The number of phenolic OH excluding ortho intramolecular Hbond substituents is 1. The van der Waals surface area contributed by atoms with Gasteiger partial charge in [0.05, 0.1) is 15.3 Å².